The molecule has 0 saturated heterocycles. The molecule has 0 heterocycles. The van der Waals surface area contributed by atoms with E-state index in [1.165, 1.54) is 0 Å². The van der Waals surface area contributed by atoms with Gasteiger partial charge >= 0.3 is 0 Å². The third-order valence-electron chi connectivity index (χ3n) is 6.10. The SMILES string of the molecule is C[N+](C)(CCN)CCC[C@H](N)C(=O)N[C@H](CCc1ccccc1)C(=O)Cc1ccc(F)c(F)c1F.Cl.Cl.Cl. The number of amides is 1. The summed E-state index contributed by atoms with van der Waals surface area (Å²) in [5.74, 6) is -5.34. The van der Waals surface area contributed by atoms with Crippen LogP contribution in [0.3, 0.4) is 0 Å². The van der Waals surface area contributed by atoms with Gasteiger partial charge in [0.1, 0.15) is 0 Å². The lowest BCUT2D eigenvalue weighted by Gasteiger charge is -2.29. The van der Waals surface area contributed by atoms with Crippen LogP contribution in [0.2, 0.25) is 0 Å². The van der Waals surface area contributed by atoms with E-state index in [9.17, 15) is 22.8 Å². The zero-order valence-corrected chi connectivity index (χ0v) is 24.1. The minimum Gasteiger partial charge on any atom is -0.345 e. The van der Waals surface area contributed by atoms with Crippen molar-refractivity contribution in [2.45, 2.75) is 44.2 Å². The molecule has 2 aromatic rings. The fourth-order valence-corrected chi connectivity index (χ4v) is 3.89. The molecule has 6 nitrogen and oxygen atoms in total. The van der Waals surface area contributed by atoms with Crippen LogP contribution in [0.5, 0.6) is 0 Å². The van der Waals surface area contributed by atoms with E-state index in [0.717, 1.165) is 30.8 Å². The predicted octanol–water partition coefficient (Wildman–Crippen LogP) is 3.74. The van der Waals surface area contributed by atoms with Crippen LogP contribution in [0, 0.1) is 17.5 Å². The van der Waals surface area contributed by atoms with Crippen molar-refractivity contribution in [3.8, 4) is 0 Å². The van der Waals surface area contributed by atoms with E-state index in [1.807, 2.05) is 44.4 Å². The van der Waals surface area contributed by atoms with Crippen molar-refractivity contribution in [3.63, 3.8) is 0 Å². The molecule has 2 rings (SSSR count). The molecule has 12 heteroatoms. The largest absolute Gasteiger partial charge is 0.345 e. The number of halogens is 6. The molecule has 0 aromatic heterocycles. The normalized spacial score (nSPS) is 12.3. The molecular weight excluding hydrogens is 564 g/mol. The summed E-state index contributed by atoms with van der Waals surface area (Å²) in [7, 11) is 4.10. The average Bonchev–Trinajstić information content (AvgIpc) is 2.82. The Morgan fingerprint density at radius 2 is 1.55 bits per heavy atom. The van der Waals surface area contributed by atoms with Crippen LogP contribution in [0.25, 0.3) is 0 Å². The van der Waals surface area contributed by atoms with Crippen molar-refractivity contribution in [3.05, 3.63) is 71.0 Å². The van der Waals surface area contributed by atoms with Crippen LogP contribution in [0.15, 0.2) is 42.5 Å². The maximum atomic E-state index is 14.1. The molecule has 0 radical (unpaired) electrons. The summed E-state index contributed by atoms with van der Waals surface area (Å²) in [5, 5.41) is 2.70. The summed E-state index contributed by atoms with van der Waals surface area (Å²) in [4.78, 5) is 25.8. The standard InChI is InChI=1S/C26H35F3N4O2.3ClH/c1-33(2,16-14-30)15-6-9-21(31)26(35)32-22(13-10-18-7-4-3-5-8-18)23(34)17-19-11-12-20(27)25(29)24(19)28;;;/h3-5,7-8,11-12,21-22H,6,9-10,13-17,30-31H2,1-2H3;3*1H/p+1/t21-,22+;;;/m0.../s1. The van der Waals surface area contributed by atoms with Crippen LogP contribution >= 0.6 is 37.2 Å². The summed E-state index contributed by atoms with van der Waals surface area (Å²) in [5.41, 5.74) is 12.4. The number of nitrogens with two attached hydrogens (primary N) is 2. The van der Waals surface area contributed by atoms with Crippen molar-refractivity contribution in [2.24, 2.45) is 11.5 Å². The summed E-state index contributed by atoms with van der Waals surface area (Å²) in [6.45, 7) is 2.16. The minimum atomic E-state index is -1.63. The number of likely N-dealkylation sites (N-methyl/N-ethyl adjacent to an activating group) is 1. The lowest BCUT2D eigenvalue weighted by molar-refractivity contribution is -0.889. The Kier molecular flexibility index (Phi) is 18.5. The van der Waals surface area contributed by atoms with Crippen molar-refractivity contribution in [1.82, 2.24) is 5.32 Å². The van der Waals surface area contributed by atoms with Gasteiger partial charge in [-0.3, -0.25) is 9.59 Å². The van der Waals surface area contributed by atoms with Gasteiger partial charge in [0.25, 0.3) is 0 Å². The lowest BCUT2D eigenvalue weighted by Crippen LogP contribution is -2.49. The number of carbonyl (C=O) groups is 2. The number of nitrogens with zero attached hydrogens (tertiary/aromatic N) is 1. The van der Waals surface area contributed by atoms with Gasteiger partial charge in [-0.05, 0) is 42.9 Å². The molecule has 0 saturated carbocycles. The van der Waals surface area contributed by atoms with Crippen molar-refractivity contribution in [2.75, 3.05) is 33.7 Å². The van der Waals surface area contributed by atoms with Gasteiger partial charge < -0.3 is 21.3 Å². The van der Waals surface area contributed by atoms with Crippen molar-refractivity contribution in [1.29, 1.82) is 0 Å². The summed E-state index contributed by atoms with van der Waals surface area (Å²) < 4.78 is 41.7. The van der Waals surface area contributed by atoms with Gasteiger partial charge in [-0.25, -0.2) is 13.2 Å². The number of Topliss-reactive ketones (excluding diaryl/α,β-unsaturated/α-hetero) is 1. The fraction of sp³-hybridized carbons (Fsp3) is 0.462. The number of nitrogens with one attached hydrogen (secondary N) is 1. The smallest absolute Gasteiger partial charge is 0.237 e. The highest BCUT2D eigenvalue weighted by Crippen LogP contribution is 2.17. The van der Waals surface area contributed by atoms with Crippen molar-refractivity contribution < 1.29 is 27.2 Å². The summed E-state index contributed by atoms with van der Waals surface area (Å²) >= 11 is 0. The predicted molar refractivity (Wildman–Crippen MR) is 152 cm³/mol. The Balaban J connectivity index is 0. The zero-order chi connectivity index (χ0) is 26.0. The molecule has 0 aliphatic carbocycles. The molecule has 216 valence electrons. The Hall–Kier alpha value is -1.88. The van der Waals surface area contributed by atoms with Gasteiger partial charge in [0.05, 0.1) is 39.3 Å². The first-order valence-electron chi connectivity index (χ1n) is 11.8. The number of hydrogen-bond donors (Lipinski definition) is 3. The van der Waals surface area contributed by atoms with Crippen LogP contribution in [-0.2, 0) is 22.4 Å². The second-order valence-electron chi connectivity index (χ2n) is 9.48. The van der Waals surface area contributed by atoms with Gasteiger partial charge in [-0.15, -0.1) is 37.2 Å². The molecule has 38 heavy (non-hydrogen) atoms. The highest BCUT2D eigenvalue weighted by molar-refractivity contribution is 5.92. The van der Waals surface area contributed by atoms with Gasteiger partial charge in [0, 0.05) is 13.0 Å². The molecule has 0 aliphatic heterocycles. The minimum absolute atomic E-state index is 0. The van der Waals surface area contributed by atoms with E-state index in [4.69, 9.17) is 11.5 Å². The number of carbonyl (C=O) groups excluding carboxylic acids is 2. The van der Waals surface area contributed by atoms with Gasteiger partial charge in [-0.2, -0.15) is 0 Å². The third kappa shape index (κ3) is 12.3. The van der Waals surface area contributed by atoms with E-state index < -0.39 is 47.6 Å². The fourth-order valence-electron chi connectivity index (χ4n) is 3.89. The van der Waals surface area contributed by atoms with E-state index in [2.05, 4.69) is 5.32 Å². The quantitative estimate of drug-likeness (QED) is 0.227. The van der Waals surface area contributed by atoms with Gasteiger partial charge in [0.15, 0.2) is 23.2 Å². The average molecular weight is 603 g/mol. The Morgan fingerprint density at radius 3 is 2.16 bits per heavy atom. The number of aryl methyl sites for hydroxylation is 1. The Labute approximate surface area is 241 Å². The van der Waals surface area contributed by atoms with Gasteiger partial charge in [-0.1, -0.05) is 36.4 Å². The monoisotopic (exact) mass is 601 g/mol. The third-order valence-corrected chi connectivity index (χ3v) is 6.10. The molecular formula is C26H39Cl3F3N4O2+. The number of quaternary nitrogens is 1. The molecule has 0 aliphatic rings. The van der Waals surface area contributed by atoms with Gasteiger partial charge in [0.2, 0.25) is 5.91 Å². The van der Waals surface area contributed by atoms with E-state index in [0.29, 0.717) is 30.3 Å². The van der Waals surface area contributed by atoms with E-state index in [1.54, 1.807) is 0 Å². The molecule has 0 bridgehead atoms. The number of rotatable bonds is 14. The van der Waals surface area contributed by atoms with E-state index >= 15 is 0 Å². The lowest BCUT2D eigenvalue weighted by atomic mass is 9.97. The number of benzene rings is 2. The second kappa shape index (κ2) is 18.4. The summed E-state index contributed by atoms with van der Waals surface area (Å²) in [6.07, 6.45) is 1.38. The van der Waals surface area contributed by atoms with Crippen LogP contribution < -0.4 is 16.8 Å². The second-order valence-corrected chi connectivity index (χ2v) is 9.48. The molecule has 5 N–H and O–H groups in total. The Morgan fingerprint density at radius 1 is 0.921 bits per heavy atom. The number of hydrogen-bond acceptors (Lipinski definition) is 4. The molecule has 0 unspecified atom stereocenters. The maximum Gasteiger partial charge on any atom is 0.237 e. The first kappa shape index (κ1) is 38.3. The number of ketones is 1. The van der Waals surface area contributed by atoms with E-state index in [-0.39, 0.29) is 49.2 Å². The molecule has 0 spiro atoms. The summed E-state index contributed by atoms with van der Waals surface area (Å²) in [6, 6.07) is 9.42. The molecule has 0 fully saturated rings. The molecule has 1 amide bonds. The zero-order valence-electron chi connectivity index (χ0n) is 21.6. The van der Waals surface area contributed by atoms with Crippen LogP contribution in [0.1, 0.15) is 30.4 Å². The Bertz CT molecular complexity index is 1000. The first-order chi connectivity index (χ1) is 16.5. The first-order valence-corrected chi connectivity index (χ1v) is 11.8. The van der Waals surface area contributed by atoms with Crippen LogP contribution in [-0.4, -0.2) is 62.0 Å². The maximum absolute atomic E-state index is 14.1. The highest BCUT2D eigenvalue weighted by Gasteiger charge is 2.26. The van der Waals surface area contributed by atoms with Crippen molar-refractivity contribution >= 4 is 48.9 Å². The molecule has 2 atom stereocenters. The van der Waals surface area contributed by atoms with Crippen LogP contribution in [0.4, 0.5) is 13.2 Å². The molecule has 2 aromatic carbocycles. The highest BCUT2D eigenvalue weighted by atomic mass is 35.5. The topological polar surface area (TPSA) is 98.2 Å².